The van der Waals surface area contributed by atoms with Crippen molar-refractivity contribution in [3.8, 4) is 0 Å². The van der Waals surface area contributed by atoms with Gasteiger partial charge in [-0.05, 0) is 57.7 Å². The van der Waals surface area contributed by atoms with Crippen molar-refractivity contribution in [2.24, 2.45) is 7.05 Å². The summed E-state index contributed by atoms with van der Waals surface area (Å²) < 4.78 is 29.3. The zero-order chi connectivity index (χ0) is 18.2. The van der Waals surface area contributed by atoms with Crippen LogP contribution in [0, 0.1) is 34.6 Å². The minimum Gasteiger partial charge on any atom is -0.272 e. The molecule has 0 saturated heterocycles. The third-order valence-corrected chi connectivity index (χ3v) is 6.77. The van der Waals surface area contributed by atoms with E-state index in [0.717, 1.165) is 33.6 Å². The van der Waals surface area contributed by atoms with Gasteiger partial charge in [-0.3, -0.25) is 4.68 Å². The van der Waals surface area contributed by atoms with Gasteiger partial charge in [-0.25, -0.2) is 12.7 Å². The molecule has 0 aliphatic rings. The average Bonchev–Trinajstić information content (AvgIpc) is 2.68. The second-order valence-electron chi connectivity index (χ2n) is 6.58. The van der Waals surface area contributed by atoms with Crippen LogP contribution in [0.3, 0.4) is 0 Å². The number of likely N-dealkylation sites (N-methyl/N-ethyl adjacent to an activating group) is 1. The Bertz CT molecular complexity index is 844. The molecule has 0 bridgehead atoms. The summed E-state index contributed by atoms with van der Waals surface area (Å²) in [4.78, 5) is 0.426. The van der Waals surface area contributed by atoms with Crippen LogP contribution in [-0.4, -0.2) is 36.1 Å². The third kappa shape index (κ3) is 3.39. The van der Waals surface area contributed by atoms with Crippen LogP contribution < -0.4 is 0 Å². The molecule has 0 aliphatic heterocycles. The van der Waals surface area contributed by atoms with E-state index in [1.165, 1.54) is 4.31 Å². The summed E-state index contributed by atoms with van der Waals surface area (Å²) in [5.74, 6) is 0. The van der Waals surface area contributed by atoms with E-state index < -0.39 is 10.0 Å². The second-order valence-corrected chi connectivity index (χ2v) is 8.56. The van der Waals surface area contributed by atoms with E-state index in [2.05, 4.69) is 5.10 Å². The van der Waals surface area contributed by atoms with Crippen molar-refractivity contribution in [1.82, 2.24) is 14.1 Å². The van der Waals surface area contributed by atoms with E-state index in [1.807, 2.05) is 58.5 Å². The van der Waals surface area contributed by atoms with Gasteiger partial charge in [-0.2, -0.15) is 5.10 Å². The monoisotopic (exact) mass is 349 g/mol. The highest BCUT2D eigenvalue weighted by molar-refractivity contribution is 7.89. The molecule has 0 spiro atoms. The number of benzene rings is 1. The Hall–Kier alpha value is -1.66. The first kappa shape index (κ1) is 18.7. The molecule has 6 heteroatoms. The highest BCUT2D eigenvalue weighted by Gasteiger charge is 2.25. The van der Waals surface area contributed by atoms with Gasteiger partial charge < -0.3 is 0 Å². The van der Waals surface area contributed by atoms with Gasteiger partial charge in [0.2, 0.25) is 10.0 Å². The van der Waals surface area contributed by atoms with Crippen LogP contribution in [0.1, 0.15) is 33.6 Å². The Kier molecular flexibility index (Phi) is 5.20. The molecule has 1 aromatic heterocycles. The van der Waals surface area contributed by atoms with Gasteiger partial charge in [-0.1, -0.05) is 17.7 Å². The van der Waals surface area contributed by atoms with Crippen LogP contribution in [0.2, 0.25) is 0 Å². The molecule has 0 fully saturated rings. The lowest BCUT2D eigenvalue weighted by Crippen LogP contribution is -2.30. The maximum absolute atomic E-state index is 13.0. The fraction of sp³-hybridized carbons (Fsp3) is 0.500. The van der Waals surface area contributed by atoms with Gasteiger partial charge in [0.15, 0.2) is 0 Å². The Morgan fingerprint density at radius 2 is 1.62 bits per heavy atom. The molecule has 0 radical (unpaired) electrons. The standard InChI is InChI=1S/C18H27N3O2S/c1-12-10-13(2)18(14(3)11-12)24(22,23)20(6)9-8-17-15(4)19-21(7)16(17)5/h10-11H,8-9H2,1-7H3. The number of nitrogens with zero attached hydrogens (tertiary/aromatic N) is 3. The molecule has 1 heterocycles. The predicted octanol–water partition coefficient (Wildman–Crippen LogP) is 2.83. The maximum Gasteiger partial charge on any atom is 0.243 e. The van der Waals surface area contributed by atoms with Crippen molar-refractivity contribution >= 4 is 10.0 Å². The molecule has 2 rings (SSSR count). The van der Waals surface area contributed by atoms with Crippen LogP contribution in [0.25, 0.3) is 0 Å². The lowest BCUT2D eigenvalue weighted by Gasteiger charge is -2.20. The Balaban J connectivity index is 2.27. The van der Waals surface area contributed by atoms with Crippen molar-refractivity contribution in [2.75, 3.05) is 13.6 Å². The summed E-state index contributed by atoms with van der Waals surface area (Å²) in [6, 6.07) is 3.84. The van der Waals surface area contributed by atoms with Gasteiger partial charge in [0.25, 0.3) is 0 Å². The molecule has 24 heavy (non-hydrogen) atoms. The van der Waals surface area contributed by atoms with Crippen LogP contribution in [0.15, 0.2) is 17.0 Å². The fourth-order valence-electron chi connectivity index (χ4n) is 3.30. The molecule has 0 aliphatic carbocycles. The first-order chi connectivity index (χ1) is 11.1. The molecule has 5 nitrogen and oxygen atoms in total. The molecule has 0 atom stereocenters. The molecule has 0 amide bonds. The fourth-order valence-corrected chi connectivity index (χ4v) is 4.87. The summed E-state index contributed by atoms with van der Waals surface area (Å²) in [5, 5.41) is 4.40. The highest BCUT2D eigenvalue weighted by Crippen LogP contribution is 2.25. The Labute approximate surface area is 145 Å². The Morgan fingerprint density at radius 3 is 2.08 bits per heavy atom. The minimum absolute atomic E-state index is 0.426. The van der Waals surface area contributed by atoms with Gasteiger partial charge in [-0.15, -0.1) is 0 Å². The topological polar surface area (TPSA) is 55.2 Å². The first-order valence-electron chi connectivity index (χ1n) is 8.09. The van der Waals surface area contributed by atoms with Crippen LogP contribution >= 0.6 is 0 Å². The van der Waals surface area contributed by atoms with E-state index in [-0.39, 0.29) is 0 Å². The SMILES string of the molecule is Cc1cc(C)c(S(=O)(=O)N(C)CCc2c(C)nn(C)c2C)c(C)c1. The normalized spacial score (nSPS) is 12.2. The van der Waals surface area contributed by atoms with Crippen LogP contribution in [0.4, 0.5) is 0 Å². The van der Waals surface area contributed by atoms with Crippen molar-refractivity contribution in [3.63, 3.8) is 0 Å². The number of aromatic nitrogens is 2. The van der Waals surface area contributed by atoms with Crippen molar-refractivity contribution in [3.05, 3.63) is 45.8 Å². The second kappa shape index (κ2) is 6.69. The molecular weight excluding hydrogens is 322 g/mol. The van der Waals surface area contributed by atoms with Gasteiger partial charge >= 0.3 is 0 Å². The molecule has 132 valence electrons. The van der Waals surface area contributed by atoms with Crippen LogP contribution in [0.5, 0.6) is 0 Å². The van der Waals surface area contributed by atoms with E-state index in [9.17, 15) is 8.42 Å². The quantitative estimate of drug-likeness (QED) is 0.834. The molecule has 0 unspecified atom stereocenters. The van der Waals surface area contributed by atoms with E-state index in [4.69, 9.17) is 0 Å². The van der Waals surface area contributed by atoms with E-state index in [0.29, 0.717) is 17.9 Å². The molecule has 2 aromatic rings. The van der Waals surface area contributed by atoms with E-state index >= 15 is 0 Å². The van der Waals surface area contributed by atoms with Crippen LogP contribution in [-0.2, 0) is 23.5 Å². The molecule has 1 aromatic carbocycles. The largest absolute Gasteiger partial charge is 0.272 e. The number of rotatable bonds is 5. The summed E-state index contributed by atoms with van der Waals surface area (Å²) >= 11 is 0. The number of sulfonamides is 1. The smallest absolute Gasteiger partial charge is 0.243 e. The number of aryl methyl sites for hydroxylation is 5. The van der Waals surface area contributed by atoms with E-state index in [1.54, 1.807) is 7.05 Å². The summed E-state index contributed by atoms with van der Waals surface area (Å²) in [5.41, 5.74) is 5.84. The minimum atomic E-state index is -3.50. The molecular formula is C18H27N3O2S. The zero-order valence-corrected chi connectivity index (χ0v) is 16.5. The molecule has 0 N–H and O–H groups in total. The Morgan fingerprint density at radius 1 is 1.08 bits per heavy atom. The lowest BCUT2D eigenvalue weighted by molar-refractivity contribution is 0.471. The predicted molar refractivity (Wildman–Crippen MR) is 96.9 cm³/mol. The molecule has 0 saturated carbocycles. The number of hydrogen-bond donors (Lipinski definition) is 0. The zero-order valence-electron chi connectivity index (χ0n) is 15.6. The average molecular weight is 350 g/mol. The first-order valence-corrected chi connectivity index (χ1v) is 9.53. The van der Waals surface area contributed by atoms with Gasteiger partial charge in [0.1, 0.15) is 0 Å². The summed E-state index contributed by atoms with van der Waals surface area (Å²) in [6.45, 7) is 10.1. The van der Waals surface area contributed by atoms with Crippen molar-refractivity contribution in [1.29, 1.82) is 0 Å². The third-order valence-electron chi connectivity index (χ3n) is 4.61. The summed E-state index contributed by atoms with van der Waals surface area (Å²) in [6.07, 6.45) is 0.658. The van der Waals surface area contributed by atoms with Gasteiger partial charge in [0.05, 0.1) is 10.6 Å². The van der Waals surface area contributed by atoms with Crippen molar-refractivity contribution in [2.45, 2.75) is 45.9 Å². The van der Waals surface area contributed by atoms with Crippen molar-refractivity contribution < 1.29 is 8.42 Å². The number of hydrogen-bond acceptors (Lipinski definition) is 3. The highest BCUT2D eigenvalue weighted by atomic mass is 32.2. The van der Waals surface area contributed by atoms with Gasteiger partial charge in [0, 0.05) is 26.3 Å². The lowest BCUT2D eigenvalue weighted by atomic mass is 10.1. The summed E-state index contributed by atoms with van der Waals surface area (Å²) in [7, 11) is 0.0560. The maximum atomic E-state index is 13.0.